The molecule has 1 heterocycles. The predicted octanol–water partition coefficient (Wildman–Crippen LogP) is 4.05. The first-order chi connectivity index (χ1) is 7.97. The molecule has 0 bridgehead atoms. The Kier molecular flexibility index (Phi) is 3.47. The van der Waals surface area contributed by atoms with Gasteiger partial charge in [-0.05, 0) is 16.5 Å². The van der Waals surface area contributed by atoms with E-state index in [2.05, 4.69) is 77.6 Å². The van der Waals surface area contributed by atoms with Crippen molar-refractivity contribution in [1.82, 2.24) is 9.97 Å². The highest BCUT2D eigenvalue weighted by molar-refractivity contribution is 14.1. The number of hydrogen-bond acceptors (Lipinski definition) is 2. The third-order valence-corrected chi connectivity index (χ3v) is 3.26. The third-order valence-electron chi connectivity index (χ3n) is 2.70. The summed E-state index contributed by atoms with van der Waals surface area (Å²) in [5.74, 6) is 0. The molecule has 0 aliphatic rings. The van der Waals surface area contributed by atoms with E-state index >= 15 is 0 Å². The van der Waals surface area contributed by atoms with Crippen molar-refractivity contribution in [3.63, 3.8) is 0 Å². The number of benzene rings is 1. The number of aromatic nitrogens is 2. The van der Waals surface area contributed by atoms with Gasteiger partial charge in [-0.3, -0.25) is 0 Å². The van der Waals surface area contributed by atoms with Gasteiger partial charge in [-0.15, -0.1) is 0 Å². The molecule has 0 radical (unpaired) electrons. The van der Waals surface area contributed by atoms with Crippen LogP contribution in [0.1, 0.15) is 26.3 Å². The molecule has 0 N–H and O–H groups in total. The number of rotatable bonds is 1. The lowest BCUT2D eigenvalue weighted by Gasteiger charge is -2.19. The minimum absolute atomic E-state index is 0.196. The van der Waals surface area contributed by atoms with Crippen LogP contribution in [0.2, 0.25) is 0 Å². The Morgan fingerprint density at radius 2 is 1.41 bits per heavy atom. The van der Waals surface area contributed by atoms with Crippen LogP contribution in [-0.2, 0) is 5.41 Å². The summed E-state index contributed by atoms with van der Waals surface area (Å²) in [7, 11) is 0. The van der Waals surface area contributed by atoms with E-state index < -0.39 is 0 Å². The van der Waals surface area contributed by atoms with Gasteiger partial charge in [0, 0.05) is 40.5 Å². The first-order valence-corrected chi connectivity index (χ1v) is 6.63. The Labute approximate surface area is 116 Å². The van der Waals surface area contributed by atoms with Crippen LogP contribution in [0.25, 0.3) is 11.1 Å². The largest absolute Gasteiger partial charge is 0.231 e. The van der Waals surface area contributed by atoms with Gasteiger partial charge in [-0.1, -0.05) is 45.0 Å². The number of halogens is 1. The second-order valence-corrected chi connectivity index (χ2v) is 6.03. The molecule has 0 amide bonds. The summed E-state index contributed by atoms with van der Waals surface area (Å²) in [6.07, 6.45) is 3.72. The summed E-state index contributed by atoms with van der Waals surface area (Å²) in [6.45, 7) is 6.65. The highest BCUT2D eigenvalue weighted by atomic mass is 127. The topological polar surface area (TPSA) is 25.8 Å². The maximum absolute atomic E-state index is 4.20. The van der Waals surface area contributed by atoms with E-state index in [0.717, 1.165) is 15.0 Å². The van der Waals surface area contributed by atoms with Gasteiger partial charge >= 0.3 is 0 Å². The van der Waals surface area contributed by atoms with Gasteiger partial charge < -0.3 is 0 Å². The molecule has 2 rings (SSSR count). The third kappa shape index (κ3) is 3.03. The molecule has 0 saturated heterocycles. The van der Waals surface area contributed by atoms with Crippen LogP contribution in [0.15, 0.2) is 36.7 Å². The standard InChI is InChI=1S/C14H15IN2/c1-14(2,3)12-6-4-10(5-7-12)11-8-16-13(15)17-9-11/h4-9H,1-3H3. The first-order valence-electron chi connectivity index (χ1n) is 5.55. The lowest BCUT2D eigenvalue weighted by Crippen LogP contribution is -2.10. The summed E-state index contributed by atoms with van der Waals surface area (Å²) in [6, 6.07) is 8.61. The highest BCUT2D eigenvalue weighted by Gasteiger charge is 2.13. The van der Waals surface area contributed by atoms with E-state index in [-0.39, 0.29) is 5.41 Å². The highest BCUT2D eigenvalue weighted by Crippen LogP contribution is 2.25. The van der Waals surface area contributed by atoms with Gasteiger partial charge in [0.2, 0.25) is 0 Å². The van der Waals surface area contributed by atoms with Crippen molar-refractivity contribution in [1.29, 1.82) is 0 Å². The first kappa shape index (κ1) is 12.5. The number of nitrogens with zero attached hydrogens (tertiary/aromatic N) is 2. The average Bonchev–Trinajstić information content (AvgIpc) is 2.29. The molecule has 0 atom stereocenters. The zero-order valence-electron chi connectivity index (χ0n) is 10.2. The van der Waals surface area contributed by atoms with Crippen molar-refractivity contribution >= 4 is 22.6 Å². The van der Waals surface area contributed by atoms with Crippen LogP contribution < -0.4 is 0 Å². The van der Waals surface area contributed by atoms with E-state index in [9.17, 15) is 0 Å². The minimum atomic E-state index is 0.196. The van der Waals surface area contributed by atoms with Gasteiger partial charge in [-0.2, -0.15) is 0 Å². The summed E-state index contributed by atoms with van der Waals surface area (Å²) >= 11 is 2.11. The second-order valence-electron chi connectivity index (χ2n) is 5.07. The molecule has 0 aliphatic carbocycles. The molecule has 0 fully saturated rings. The molecule has 3 heteroatoms. The summed E-state index contributed by atoms with van der Waals surface area (Å²) in [5, 5.41) is 0. The van der Waals surface area contributed by atoms with Crippen LogP contribution in [0, 0.1) is 3.83 Å². The summed E-state index contributed by atoms with van der Waals surface area (Å²) in [4.78, 5) is 8.40. The van der Waals surface area contributed by atoms with Crippen molar-refractivity contribution < 1.29 is 0 Å². The fourth-order valence-corrected chi connectivity index (χ4v) is 1.90. The lowest BCUT2D eigenvalue weighted by molar-refractivity contribution is 0.590. The Hall–Kier alpha value is -0.970. The number of hydrogen-bond donors (Lipinski definition) is 0. The van der Waals surface area contributed by atoms with Crippen molar-refractivity contribution in [3.8, 4) is 11.1 Å². The maximum Gasteiger partial charge on any atom is 0.190 e. The molecule has 0 spiro atoms. The molecule has 88 valence electrons. The van der Waals surface area contributed by atoms with Crippen LogP contribution >= 0.6 is 22.6 Å². The fraction of sp³-hybridized carbons (Fsp3) is 0.286. The van der Waals surface area contributed by atoms with Gasteiger partial charge in [-0.25, -0.2) is 9.97 Å². The van der Waals surface area contributed by atoms with E-state index in [4.69, 9.17) is 0 Å². The molecule has 2 aromatic rings. The fourth-order valence-electron chi connectivity index (χ4n) is 1.62. The summed E-state index contributed by atoms with van der Waals surface area (Å²) < 4.78 is 0.776. The van der Waals surface area contributed by atoms with E-state index in [1.165, 1.54) is 5.56 Å². The van der Waals surface area contributed by atoms with Gasteiger partial charge in [0.1, 0.15) is 0 Å². The molecule has 1 aromatic carbocycles. The SMILES string of the molecule is CC(C)(C)c1ccc(-c2cnc(I)nc2)cc1. The molecular formula is C14H15IN2. The molecule has 17 heavy (non-hydrogen) atoms. The molecule has 2 nitrogen and oxygen atoms in total. The van der Waals surface area contributed by atoms with Crippen LogP contribution in [-0.4, -0.2) is 9.97 Å². The van der Waals surface area contributed by atoms with Crippen molar-refractivity contribution in [2.24, 2.45) is 0 Å². The van der Waals surface area contributed by atoms with E-state index in [1.807, 2.05) is 12.4 Å². The van der Waals surface area contributed by atoms with Crippen molar-refractivity contribution in [3.05, 3.63) is 46.1 Å². The summed E-state index contributed by atoms with van der Waals surface area (Å²) in [5.41, 5.74) is 3.76. The lowest BCUT2D eigenvalue weighted by atomic mass is 9.86. The molecule has 1 aromatic heterocycles. The Bertz CT molecular complexity index is 495. The Balaban J connectivity index is 2.33. The maximum atomic E-state index is 4.20. The molecule has 0 aliphatic heterocycles. The zero-order chi connectivity index (χ0) is 12.5. The Morgan fingerprint density at radius 1 is 0.882 bits per heavy atom. The van der Waals surface area contributed by atoms with E-state index in [0.29, 0.717) is 0 Å². The smallest absolute Gasteiger partial charge is 0.190 e. The predicted molar refractivity (Wildman–Crippen MR) is 78.9 cm³/mol. The van der Waals surface area contributed by atoms with Crippen molar-refractivity contribution in [2.45, 2.75) is 26.2 Å². The van der Waals surface area contributed by atoms with Crippen LogP contribution in [0.3, 0.4) is 0 Å². The Morgan fingerprint density at radius 3 is 1.88 bits per heavy atom. The van der Waals surface area contributed by atoms with Crippen LogP contribution in [0.4, 0.5) is 0 Å². The zero-order valence-corrected chi connectivity index (χ0v) is 12.4. The molecule has 0 saturated carbocycles. The molecule has 0 unspecified atom stereocenters. The van der Waals surface area contributed by atoms with Crippen molar-refractivity contribution in [2.75, 3.05) is 0 Å². The minimum Gasteiger partial charge on any atom is -0.231 e. The molecular weight excluding hydrogens is 323 g/mol. The normalized spacial score (nSPS) is 11.5. The second kappa shape index (κ2) is 4.72. The monoisotopic (exact) mass is 338 g/mol. The van der Waals surface area contributed by atoms with Gasteiger partial charge in [0.05, 0.1) is 0 Å². The quantitative estimate of drug-likeness (QED) is 0.579. The van der Waals surface area contributed by atoms with E-state index in [1.54, 1.807) is 0 Å². The van der Waals surface area contributed by atoms with Crippen LogP contribution in [0.5, 0.6) is 0 Å². The average molecular weight is 338 g/mol. The van der Waals surface area contributed by atoms with Gasteiger partial charge in [0.15, 0.2) is 3.83 Å². The van der Waals surface area contributed by atoms with Gasteiger partial charge in [0.25, 0.3) is 0 Å².